The standard InChI is InChI=1S/C16H17FN6O/c1-22-15-13(10-18-22)14(19-12-4-2-11(17)3-5-12)20-16(21-15)23-6-8-24-9-7-23/h2-5,10H,6-9H2,1H3,(H,19,20,21). The molecule has 0 unspecified atom stereocenters. The van der Waals surface area contributed by atoms with E-state index in [4.69, 9.17) is 4.74 Å². The zero-order chi connectivity index (χ0) is 16.5. The number of rotatable bonds is 3. The highest BCUT2D eigenvalue weighted by Gasteiger charge is 2.18. The Labute approximate surface area is 138 Å². The molecule has 0 aliphatic carbocycles. The minimum absolute atomic E-state index is 0.274. The van der Waals surface area contributed by atoms with Crippen LogP contribution in [0.3, 0.4) is 0 Å². The molecule has 0 atom stereocenters. The largest absolute Gasteiger partial charge is 0.378 e. The molecule has 0 amide bonds. The number of nitrogens with one attached hydrogen (secondary N) is 1. The van der Waals surface area contributed by atoms with E-state index in [-0.39, 0.29) is 5.82 Å². The fourth-order valence-corrected chi connectivity index (χ4v) is 2.68. The lowest BCUT2D eigenvalue weighted by Crippen LogP contribution is -2.37. The lowest BCUT2D eigenvalue weighted by atomic mass is 10.3. The first kappa shape index (κ1) is 14.8. The van der Waals surface area contributed by atoms with Crippen LogP contribution in [-0.4, -0.2) is 46.1 Å². The monoisotopic (exact) mass is 328 g/mol. The van der Waals surface area contributed by atoms with Gasteiger partial charge in [-0.25, -0.2) is 4.39 Å². The van der Waals surface area contributed by atoms with Crippen LogP contribution in [0.1, 0.15) is 0 Å². The van der Waals surface area contributed by atoms with Crippen molar-refractivity contribution >= 4 is 28.5 Å². The molecule has 4 rings (SSSR count). The zero-order valence-electron chi connectivity index (χ0n) is 13.2. The third-order valence-electron chi connectivity index (χ3n) is 3.98. The lowest BCUT2D eigenvalue weighted by molar-refractivity contribution is 0.122. The van der Waals surface area contributed by atoms with E-state index in [0.717, 1.165) is 29.8 Å². The predicted molar refractivity (Wildman–Crippen MR) is 89.0 cm³/mol. The number of aromatic nitrogens is 4. The number of ether oxygens (including phenoxy) is 1. The highest BCUT2D eigenvalue weighted by molar-refractivity contribution is 5.89. The average molecular weight is 328 g/mol. The van der Waals surface area contributed by atoms with E-state index in [1.165, 1.54) is 12.1 Å². The molecule has 8 heteroatoms. The summed E-state index contributed by atoms with van der Waals surface area (Å²) in [4.78, 5) is 11.4. The molecule has 1 N–H and O–H groups in total. The summed E-state index contributed by atoms with van der Waals surface area (Å²) in [5.74, 6) is 1.02. The number of halogens is 1. The van der Waals surface area contributed by atoms with Crippen LogP contribution in [0.4, 0.5) is 21.8 Å². The van der Waals surface area contributed by atoms with Gasteiger partial charge in [0.15, 0.2) is 5.65 Å². The van der Waals surface area contributed by atoms with Crippen molar-refractivity contribution in [1.82, 2.24) is 19.7 Å². The fraction of sp³-hybridized carbons (Fsp3) is 0.312. The van der Waals surface area contributed by atoms with Crippen molar-refractivity contribution in [3.63, 3.8) is 0 Å². The molecule has 1 aliphatic heterocycles. The molecule has 1 fully saturated rings. The van der Waals surface area contributed by atoms with Gasteiger partial charge in [-0.15, -0.1) is 0 Å². The Balaban J connectivity index is 1.76. The average Bonchev–Trinajstić information content (AvgIpc) is 2.99. The number of hydrogen-bond acceptors (Lipinski definition) is 6. The van der Waals surface area contributed by atoms with Crippen molar-refractivity contribution in [1.29, 1.82) is 0 Å². The number of fused-ring (bicyclic) bond motifs is 1. The Hall–Kier alpha value is -2.74. The number of hydrogen-bond donors (Lipinski definition) is 1. The summed E-state index contributed by atoms with van der Waals surface area (Å²) >= 11 is 0. The van der Waals surface area contributed by atoms with Crippen molar-refractivity contribution in [2.45, 2.75) is 0 Å². The maximum Gasteiger partial charge on any atom is 0.229 e. The summed E-state index contributed by atoms with van der Waals surface area (Å²) < 4.78 is 20.2. The summed E-state index contributed by atoms with van der Waals surface area (Å²) in [7, 11) is 1.85. The van der Waals surface area contributed by atoms with Gasteiger partial charge in [-0.2, -0.15) is 15.1 Å². The van der Waals surface area contributed by atoms with Gasteiger partial charge in [0.05, 0.1) is 24.8 Å². The first-order chi connectivity index (χ1) is 11.7. The zero-order valence-corrected chi connectivity index (χ0v) is 13.2. The Morgan fingerprint density at radius 3 is 2.62 bits per heavy atom. The second-order valence-corrected chi connectivity index (χ2v) is 5.61. The van der Waals surface area contributed by atoms with Crippen LogP contribution in [0.25, 0.3) is 11.0 Å². The maximum atomic E-state index is 13.1. The van der Waals surface area contributed by atoms with Gasteiger partial charge in [0, 0.05) is 25.8 Å². The van der Waals surface area contributed by atoms with Gasteiger partial charge < -0.3 is 15.0 Å². The molecule has 24 heavy (non-hydrogen) atoms. The van der Waals surface area contributed by atoms with Crippen LogP contribution in [0, 0.1) is 5.82 Å². The topological polar surface area (TPSA) is 68.1 Å². The van der Waals surface area contributed by atoms with Crippen LogP contribution >= 0.6 is 0 Å². The minimum atomic E-state index is -0.274. The van der Waals surface area contributed by atoms with Crippen LogP contribution in [-0.2, 0) is 11.8 Å². The highest BCUT2D eigenvalue weighted by Crippen LogP contribution is 2.26. The second kappa shape index (κ2) is 6.04. The van der Waals surface area contributed by atoms with Gasteiger partial charge in [-0.3, -0.25) is 4.68 Å². The minimum Gasteiger partial charge on any atom is -0.378 e. The molecule has 124 valence electrons. The van der Waals surface area contributed by atoms with E-state index in [2.05, 4.69) is 25.3 Å². The molecule has 3 heterocycles. The maximum absolute atomic E-state index is 13.1. The number of anilines is 3. The van der Waals surface area contributed by atoms with Gasteiger partial charge in [-0.05, 0) is 24.3 Å². The summed E-state index contributed by atoms with van der Waals surface area (Å²) in [5.41, 5.74) is 1.50. The number of aryl methyl sites for hydroxylation is 1. The number of nitrogens with zero attached hydrogens (tertiary/aromatic N) is 5. The molecule has 1 aromatic carbocycles. The van der Waals surface area contributed by atoms with E-state index in [1.54, 1.807) is 23.0 Å². The summed E-state index contributed by atoms with van der Waals surface area (Å²) in [6, 6.07) is 6.17. The Bertz CT molecular complexity index is 857. The molecular formula is C16H17FN6O. The second-order valence-electron chi connectivity index (χ2n) is 5.61. The Morgan fingerprint density at radius 2 is 1.88 bits per heavy atom. The first-order valence-electron chi connectivity index (χ1n) is 7.76. The van der Waals surface area contributed by atoms with Crippen molar-refractivity contribution in [3.05, 3.63) is 36.3 Å². The van der Waals surface area contributed by atoms with Gasteiger partial charge in [0.1, 0.15) is 11.6 Å². The van der Waals surface area contributed by atoms with Gasteiger partial charge in [0.25, 0.3) is 0 Å². The van der Waals surface area contributed by atoms with E-state index in [9.17, 15) is 4.39 Å². The van der Waals surface area contributed by atoms with Crippen LogP contribution in [0.2, 0.25) is 0 Å². The van der Waals surface area contributed by atoms with Crippen molar-refractivity contribution < 1.29 is 9.13 Å². The van der Waals surface area contributed by atoms with Crippen LogP contribution < -0.4 is 10.2 Å². The molecule has 2 aromatic heterocycles. The van der Waals surface area contributed by atoms with Gasteiger partial charge in [0.2, 0.25) is 5.95 Å². The van der Waals surface area contributed by atoms with Crippen molar-refractivity contribution in [3.8, 4) is 0 Å². The third kappa shape index (κ3) is 2.76. The summed E-state index contributed by atoms with van der Waals surface area (Å²) in [6.07, 6.45) is 1.73. The molecular weight excluding hydrogens is 311 g/mol. The van der Waals surface area contributed by atoms with E-state index < -0.39 is 0 Å². The Morgan fingerprint density at radius 1 is 1.12 bits per heavy atom. The van der Waals surface area contributed by atoms with E-state index >= 15 is 0 Å². The first-order valence-corrected chi connectivity index (χ1v) is 7.76. The van der Waals surface area contributed by atoms with Gasteiger partial charge in [-0.1, -0.05) is 0 Å². The molecule has 0 bridgehead atoms. The number of morpholine rings is 1. The number of benzene rings is 1. The van der Waals surface area contributed by atoms with Crippen LogP contribution in [0.15, 0.2) is 30.5 Å². The smallest absolute Gasteiger partial charge is 0.229 e. The van der Waals surface area contributed by atoms with Crippen LogP contribution in [0.5, 0.6) is 0 Å². The molecule has 0 radical (unpaired) electrons. The molecule has 7 nitrogen and oxygen atoms in total. The third-order valence-corrected chi connectivity index (χ3v) is 3.98. The van der Waals surface area contributed by atoms with E-state index in [0.29, 0.717) is 25.0 Å². The molecule has 3 aromatic rings. The Kier molecular flexibility index (Phi) is 3.73. The molecule has 1 aliphatic rings. The lowest BCUT2D eigenvalue weighted by Gasteiger charge is -2.27. The SMILES string of the molecule is Cn1ncc2c(Nc3ccc(F)cc3)nc(N3CCOCC3)nc21. The summed E-state index contributed by atoms with van der Waals surface area (Å²) in [5, 5.41) is 8.33. The fourth-order valence-electron chi connectivity index (χ4n) is 2.68. The van der Waals surface area contributed by atoms with E-state index in [1.807, 2.05) is 7.05 Å². The van der Waals surface area contributed by atoms with Crippen molar-refractivity contribution in [2.75, 3.05) is 36.5 Å². The molecule has 1 saturated heterocycles. The van der Waals surface area contributed by atoms with Gasteiger partial charge >= 0.3 is 0 Å². The predicted octanol–water partition coefficient (Wildman–Crippen LogP) is 2.08. The van der Waals surface area contributed by atoms with Crippen molar-refractivity contribution in [2.24, 2.45) is 7.05 Å². The normalized spacial score (nSPS) is 15.0. The highest BCUT2D eigenvalue weighted by atomic mass is 19.1. The molecule has 0 saturated carbocycles. The summed E-state index contributed by atoms with van der Waals surface area (Å²) in [6.45, 7) is 2.82. The molecule has 0 spiro atoms. The quantitative estimate of drug-likeness (QED) is 0.794.